The highest BCUT2D eigenvalue weighted by molar-refractivity contribution is 7.27. The van der Waals surface area contributed by atoms with Crippen molar-refractivity contribution in [1.82, 2.24) is 9.55 Å². The molecule has 3 heteroatoms. The minimum atomic E-state index is 1.19. The predicted molar refractivity (Wildman–Crippen MR) is 161 cm³/mol. The van der Waals surface area contributed by atoms with Gasteiger partial charge in [-0.25, -0.2) is 0 Å². The minimum absolute atomic E-state index is 1.19. The fourth-order valence-electron chi connectivity index (χ4n) is 6.35. The number of nitrogens with one attached hydrogen (secondary N) is 1. The Hall–Kier alpha value is -4.60. The van der Waals surface area contributed by atoms with Crippen LogP contribution < -0.4 is 0 Å². The van der Waals surface area contributed by atoms with Gasteiger partial charge in [0.1, 0.15) is 0 Å². The van der Waals surface area contributed by atoms with E-state index in [0.717, 1.165) is 0 Å². The number of rotatable bonds is 1. The highest BCUT2D eigenvalue weighted by Crippen LogP contribution is 2.48. The van der Waals surface area contributed by atoms with Crippen LogP contribution in [-0.2, 0) is 0 Å². The summed E-state index contributed by atoms with van der Waals surface area (Å²) < 4.78 is 5.10. The van der Waals surface area contributed by atoms with Crippen LogP contribution >= 0.6 is 11.3 Å². The molecule has 37 heavy (non-hydrogen) atoms. The minimum Gasteiger partial charge on any atom is -0.354 e. The Labute approximate surface area is 216 Å². The average molecular weight is 489 g/mol. The zero-order valence-corrected chi connectivity index (χ0v) is 20.6. The van der Waals surface area contributed by atoms with Crippen LogP contribution in [0.3, 0.4) is 0 Å². The third-order valence-electron chi connectivity index (χ3n) is 7.89. The summed E-state index contributed by atoms with van der Waals surface area (Å²) >= 11 is 1.92. The predicted octanol–water partition coefficient (Wildman–Crippen LogP) is 9.94. The first-order valence-electron chi connectivity index (χ1n) is 12.6. The van der Waals surface area contributed by atoms with E-state index in [1.165, 1.54) is 80.2 Å². The number of aromatic amines is 1. The summed E-state index contributed by atoms with van der Waals surface area (Å²) in [6, 6.07) is 41.9. The molecule has 0 saturated heterocycles. The molecule has 0 atom stereocenters. The summed E-state index contributed by atoms with van der Waals surface area (Å²) in [5.41, 5.74) is 6.12. The number of benzene rings is 6. The van der Waals surface area contributed by atoms with E-state index in [4.69, 9.17) is 0 Å². The lowest BCUT2D eigenvalue weighted by Crippen LogP contribution is -1.92. The topological polar surface area (TPSA) is 20.7 Å². The van der Waals surface area contributed by atoms with Gasteiger partial charge in [-0.3, -0.25) is 0 Å². The molecule has 6 aromatic carbocycles. The van der Waals surface area contributed by atoms with Gasteiger partial charge >= 0.3 is 0 Å². The monoisotopic (exact) mass is 488 g/mol. The Morgan fingerprint density at radius 1 is 0.514 bits per heavy atom. The quantitative estimate of drug-likeness (QED) is 0.237. The maximum absolute atomic E-state index is 3.76. The van der Waals surface area contributed by atoms with Gasteiger partial charge in [-0.15, -0.1) is 11.3 Å². The molecule has 0 spiro atoms. The summed E-state index contributed by atoms with van der Waals surface area (Å²) in [7, 11) is 0. The standard InChI is InChI=1S/C34H20N2S/c1-2-10-20(11-3-1)36-28-17-9-7-12-21(28)25-18-26-30(19-29(25)36)37-34-23-14-5-4-13-22(23)33-31(32(26)34)24-15-6-8-16-27(24)35-33/h1-19,35H. The van der Waals surface area contributed by atoms with Crippen LogP contribution in [0.25, 0.3) is 80.2 Å². The van der Waals surface area contributed by atoms with E-state index in [-0.39, 0.29) is 0 Å². The highest BCUT2D eigenvalue weighted by atomic mass is 32.1. The average Bonchev–Trinajstić information content (AvgIpc) is 3.62. The lowest BCUT2D eigenvalue weighted by molar-refractivity contribution is 1.18. The second-order valence-electron chi connectivity index (χ2n) is 9.83. The molecule has 9 rings (SSSR count). The van der Waals surface area contributed by atoms with Gasteiger partial charge in [0, 0.05) is 63.7 Å². The number of hydrogen-bond acceptors (Lipinski definition) is 1. The van der Waals surface area contributed by atoms with Gasteiger partial charge in [0.15, 0.2) is 0 Å². The normalized spacial score (nSPS) is 12.3. The SMILES string of the molecule is c1ccc(-n2c3ccccc3c3cc4c(cc32)sc2c3ccccc3c3[nH]c5ccccc5c3c42)cc1. The first-order valence-corrected chi connectivity index (χ1v) is 13.4. The number of nitrogens with zero attached hydrogens (tertiary/aromatic N) is 1. The van der Waals surface area contributed by atoms with E-state index >= 15 is 0 Å². The summed E-state index contributed by atoms with van der Waals surface area (Å²) in [4.78, 5) is 3.76. The summed E-state index contributed by atoms with van der Waals surface area (Å²) in [6.45, 7) is 0. The van der Waals surface area contributed by atoms with Crippen LogP contribution in [0.1, 0.15) is 0 Å². The highest BCUT2D eigenvalue weighted by Gasteiger charge is 2.20. The van der Waals surface area contributed by atoms with Gasteiger partial charge in [-0.1, -0.05) is 78.9 Å². The van der Waals surface area contributed by atoms with Crippen molar-refractivity contribution in [2.24, 2.45) is 0 Å². The van der Waals surface area contributed by atoms with E-state index < -0.39 is 0 Å². The van der Waals surface area contributed by atoms with Crippen LogP contribution in [0, 0.1) is 0 Å². The molecule has 3 heterocycles. The van der Waals surface area contributed by atoms with E-state index in [1.54, 1.807) is 0 Å². The number of hydrogen-bond donors (Lipinski definition) is 1. The Morgan fingerprint density at radius 3 is 2.08 bits per heavy atom. The molecule has 0 amide bonds. The molecule has 172 valence electrons. The van der Waals surface area contributed by atoms with Crippen LogP contribution in [-0.4, -0.2) is 9.55 Å². The molecule has 2 nitrogen and oxygen atoms in total. The van der Waals surface area contributed by atoms with Crippen molar-refractivity contribution in [3.63, 3.8) is 0 Å². The van der Waals surface area contributed by atoms with Gasteiger partial charge in [0.2, 0.25) is 0 Å². The molecule has 0 aliphatic heterocycles. The zero-order valence-electron chi connectivity index (χ0n) is 19.8. The largest absolute Gasteiger partial charge is 0.354 e. The molecule has 1 N–H and O–H groups in total. The van der Waals surface area contributed by atoms with Crippen molar-refractivity contribution in [3.8, 4) is 5.69 Å². The van der Waals surface area contributed by atoms with E-state index in [1.807, 2.05) is 11.3 Å². The third kappa shape index (κ3) is 2.49. The maximum atomic E-state index is 3.76. The second kappa shape index (κ2) is 7.00. The molecule has 0 fully saturated rings. The molecular formula is C34H20N2S. The molecule has 0 saturated carbocycles. The Morgan fingerprint density at radius 2 is 1.22 bits per heavy atom. The van der Waals surface area contributed by atoms with Crippen LogP contribution in [0.2, 0.25) is 0 Å². The fourth-order valence-corrected chi connectivity index (χ4v) is 7.62. The van der Waals surface area contributed by atoms with Crippen LogP contribution in [0.4, 0.5) is 0 Å². The Balaban J connectivity index is 1.55. The summed E-state index contributed by atoms with van der Waals surface area (Å²) in [5.74, 6) is 0. The molecule has 9 aromatic rings. The van der Waals surface area contributed by atoms with E-state index in [0.29, 0.717) is 0 Å². The van der Waals surface area contributed by atoms with Crippen molar-refractivity contribution in [3.05, 3.63) is 115 Å². The number of fused-ring (bicyclic) bond motifs is 13. The van der Waals surface area contributed by atoms with Gasteiger partial charge in [0.05, 0.1) is 16.6 Å². The van der Waals surface area contributed by atoms with Gasteiger partial charge in [0.25, 0.3) is 0 Å². The molecule has 0 aliphatic rings. The van der Waals surface area contributed by atoms with E-state index in [2.05, 4.69) is 125 Å². The van der Waals surface area contributed by atoms with Gasteiger partial charge in [-0.2, -0.15) is 0 Å². The molecule has 0 aliphatic carbocycles. The van der Waals surface area contributed by atoms with Gasteiger partial charge in [-0.05, 0) is 36.4 Å². The molecule has 0 radical (unpaired) electrons. The first-order chi connectivity index (χ1) is 18.4. The Kier molecular flexibility index (Phi) is 3.70. The third-order valence-corrected chi connectivity index (χ3v) is 9.08. The second-order valence-corrected chi connectivity index (χ2v) is 10.9. The van der Waals surface area contributed by atoms with E-state index in [9.17, 15) is 0 Å². The Bertz CT molecular complexity index is 2350. The van der Waals surface area contributed by atoms with Crippen molar-refractivity contribution in [1.29, 1.82) is 0 Å². The summed E-state index contributed by atoms with van der Waals surface area (Å²) in [5, 5.41) is 10.5. The van der Waals surface area contributed by atoms with Crippen LogP contribution in [0.15, 0.2) is 115 Å². The lowest BCUT2D eigenvalue weighted by atomic mass is 9.99. The number of para-hydroxylation sites is 3. The molecular weight excluding hydrogens is 468 g/mol. The van der Waals surface area contributed by atoms with Crippen LogP contribution in [0.5, 0.6) is 0 Å². The van der Waals surface area contributed by atoms with Gasteiger partial charge < -0.3 is 9.55 Å². The smallest absolute Gasteiger partial charge is 0.0555 e. The first kappa shape index (κ1) is 19.6. The zero-order chi connectivity index (χ0) is 24.1. The maximum Gasteiger partial charge on any atom is 0.0555 e. The molecule has 3 aromatic heterocycles. The molecule has 0 bridgehead atoms. The number of H-pyrrole nitrogens is 1. The number of aromatic nitrogens is 2. The van der Waals surface area contributed by atoms with Crippen molar-refractivity contribution >= 4 is 85.9 Å². The van der Waals surface area contributed by atoms with Crippen molar-refractivity contribution in [2.75, 3.05) is 0 Å². The fraction of sp³-hybridized carbons (Fsp3) is 0. The number of thiophene rings is 1. The molecule has 0 unspecified atom stereocenters. The lowest BCUT2D eigenvalue weighted by Gasteiger charge is -2.07. The summed E-state index contributed by atoms with van der Waals surface area (Å²) in [6.07, 6.45) is 0. The van der Waals surface area contributed by atoms with Crippen molar-refractivity contribution < 1.29 is 0 Å². The van der Waals surface area contributed by atoms with Crippen molar-refractivity contribution in [2.45, 2.75) is 0 Å².